The Labute approximate surface area is 153 Å². The standard InChI is InChI=1S/C17H16ClN3O3S/c1-11(22)19-6-8-25-17-20-15-9-12(18)4-5-14(15)16(23)21(17)10-13-3-2-7-24-13/h2-5,7,9H,6,8,10H2,1H3,(H,19,22). The lowest BCUT2D eigenvalue weighted by molar-refractivity contribution is -0.118. The van der Waals surface area contributed by atoms with Crippen LogP contribution in [0.5, 0.6) is 0 Å². The number of benzene rings is 1. The van der Waals surface area contributed by atoms with Crippen LogP contribution in [-0.4, -0.2) is 27.8 Å². The molecule has 1 amide bonds. The van der Waals surface area contributed by atoms with Gasteiger partial charge in [0, 0.05) is 24.2 Å². The SMILES string of the molecule is CC(=O)NCCSc1nc2cc(Cl)ccc2c(=O)n1Cc1ccco1. The molecule has 0 aliphatic carbocycles. The Bertz CT molecular complexity index is 954. The molecule has 2 aromatic heterocycles. The van der Waals surface area contributed by atoms with Gasteiger partial charge in [0.25, 0.3) is 5.56 Å². The minimum atomic E-state index is -0.153. The molecule has 1 N–H and O–H groups in total. The monoisotopic (exact) mass is 377 g/mol. The Balaban J connectivity index is 1.98. The van der Waals surface area contributed by atoms with E-state index in [1.54, 1.807) is 35.1 Å². The number of thioether (sulfide) groups is 1. The summed E-state index contributed by atoms with van der Waals surface area (Å²) in [5.41, 5.74) is 0.398. The van der Waals surface area contributed by atoms with Crippen molar-refractivity contribution >= 4 is 40.2 Å². The summed E-state index contributed by atoms with van der Waals surface area (Å²) in [6.07, 6.45) is 1.57. The van der Waals surface area contributed by atoms with Crippen LogP contribution >= 0.6 is 23.4 Å². The lowest BCUT2D eigenvalue weighted by Gasteiger charge is -2.12. The number of carbonyl (C=O) groups excluding carboxylic acids is 1. The number of nitrogens with zero attached hydrogens (tertiary/aromatic N) is 2. The summed E-state index contributed by atoms with van der Waals surface area (Å²) in [4.78, 5) is 28.4. The van der Waals surface area contributed by atoms with E-state index >= 15 is 0 Å². The zero-order valence-electron chi connectivity index (χ0n) is 13.5. The van der Waals surface area contributed by atoms with Crippen LogP contribution in [0.2, 0.25) is 5.02 Å². The number of hydrogen-bond acceptors (Lipinski definition) is 5. The number of carbonyl (C=O) groups is 1. The van der Waals surface area contributed by atoms with Gasteiger partial charge >= 0.3 is 0 Å². The Kier molecular flexibility index (Phi) is 5.45. The second-order valence-electron chi connectivity index (χ2n) is 5.36. The third kappa shape index (κ3) is 4.24. The molecule has 0 spiro atoms. The summed E-state index contributed by atoms with van der Waals surface area (Å²) in [7, 11) is 0. The number of nitrogens with one attached hydrogen (secondary N) is 1. The lowest BCUT2D eigenvalue weighted by atomic mass is 10.2. The highest BCUT2D eigenvalue weighted by atomic mass is 35.5. The van der Waals surface area contributed by atoms with Gasteiger partial charge in [-0.05, 0) is 30.3 Å². The molecule has 2 heterocycles. The summed E-state index contributed by atoms with van der Waals surface area (Å²) in [5.74, 6) is 1.17. The molecule has 3 aromatic rings. The van der Waals surface area contributed by atoms with Crippen molar-refractivity contribution in [3.05, 3.63) is 57.7 Å². The zero-order valence-corrected chi connectivity index (χ0v) is 15.1. The molecule has 0 aliphatic heterocycles. The Morgan fingerprint density at radius 3 is 2.96 bits per heavy atom. The smallest absolute Gasteiger partial charge is 0.262 e. The van der Waals surface area contributed by atoms with E-state index in [2.05, 4.69) is 10.3 Å². The first-order valence-electron chi connectivity index (χ1n) is 7.64. The number of hydrogen-bond donors (Lipinski definition) is 1. The van der Waals surface area contributed by atoms with Gasteiger partial charge in [-0.2, -0.15) is 0 Å². The van der Waals surface area contributed by atoms with Crippen LogP contribution in [0.4, 0.5) is 0 Å². The van der Waals surface area contributed by atoms with Gasteiger partial charge in [-0.25, -0.2) is 4.98 Å². The highest BCUT2D eigenvalue weighted by Gasteiger charge is 2.13. The molecule has 0 unspecified atom stereocenters. The van der Waals surface area contributed by atoms with Crippen molar-refractivity contribution in [2.24, 2.45) is 0 Å². The van der Waals surface area contributed by atoms with Crippen molar-refractivity contribution in [2.75, 3.05) is 12.3 Å². The van der Waals surface area contributed by atoms with Crippen molar-refractivity contribution in [3.8, 4) is 0 Å². The van der Waals surface area contributed by atoms with Crippen molar-refractivity contribution in [2.45, 2.75) is 18.6 Å². The van der Waals surface area contributed by atoms with Gasteiger partial charge in [0.1, 0.15) is 5.76 Å². The number of amides is 1. The first kappa shape index (κ1) is 17.6. The molecule has 0 saturated heterocycles. The lowest BCUT2D eigenvalue weighted by Crippen LogP contribution is -2.25. The Morgan fingerprint density at radius 1 is 1.40 bits per heavy atom. The second kappa shape index (κ2) is 7.76. The predicted octanol–water partition coefficient (Wildman–Crippen LogP) is 2.92. The quantitative estimate of drug-likeness (QED) is 0.406. The molecular weight excluding hydrogens is 362 g/mol. The van der Waals surface area contributed by atoms with Crippen LogP contribution < -0.4 is 10.9 Å². The fraction of sp³-hybridized carbons (Fsp3) is 0.235. The van der Waals surface area contributed by atoms with Crippen molar-refractivity contribution < 1.29 is 9.21 Å². The topological polar surface area (TPSA) is 77.1 Å². The summed E-state index contributed by atoms with van der Waals surface area (Å²) >= 11 is 7.42. The van der Waals surface area contributed by atoms with Gasteiger partial charge in [-0.3, -0.25) is 14.2 Å². The predicted molar refractivity (Wildman–Crippen MR) is 98.2 cm³/mol. The van der Waals surface area contributed by atoms with Crippen molar-refractivity contribution in [1.82, 2.24) is 14.9 Å². The maximum atomic E-state index is 12.9. The molecule has 0 atom stereocenters. The van der Waals surface area contributed by atoms with Gasteiger partial charge in [0.2, 0.25) is 5.91 Å². The highest BCUT2D eigenvalue weighted by Crippen LogP contribution is 2.21. The molecule has 0 bridgehead atoms. The van der Waals surface area contributed by atoms with Crippen molar-refractivity contribution in [1.29, 1.82) is 0 Å². The van der Waals surface area contributed by atoms with E-state index in [0.717, 1.165) is 0 Å². The molecule has 0 fully saturated rings. The molecule has 0 radical (unpaired) electrons. The van der Waals surface area contributed by atoms with E-state index in [1.807, 2.05) is 6.07 Å². The van der Waals surface area contributed by atoms with Crippen LogP contribution in [0.25, 0.3) is 10.9 Å². The summed E-state index contributed by atoms with van der Waals surface area (Å²) in [6, 6.07) is 8.61. The summed E-state index contributed by atoms with van der Waals surface area (Å²) in [6.45, 7) is 2.25. The van der Waals surface area contributed by atoms with E-state index in [4.69, 9.17) is 16.0 Å². The molecule has 6 nitrogen and oxygen atoms in total. The third-order valence-electron chi connectivity index (χ3n) is 3.48. The van der Waals surface area contributed by atoms with Gasteiger partial charge in [0.15, 0.2) is 5.16 Å². The first-order valence-corrected chi connectivity index (χ1v) is 9.00. The van der Waals surface area contributed by atoms with Crippen LogP contribution in [0.3, 0.4) is 0 Å². The molecule has 0 saturated carbocycles. The number of aromatic nitrogens is 2. The number of fused-ring (bicyclic) bond motifs is 1. The fourth-order valence-electron chi connectivity index (χ4n) is 2.35. The highest BCUT2D eigenvalue weighted by molar-refractivity contribution is 7.99. The number of rotatable bonds is 6. The second-order valence-corrected chi connectivity index (χ2v) is 6.86. The molecule has 8 heteroatoms. The van der Waals surface area contributed by atoms with Crippen LogP contribution in [0.15, 0.2) is 51.0 Å². The number of furan rings is 1. The average molecular weight is 378 g/mol. The van der Waals surface area contributed by atoms with E-state index in [-0.39, 0.29) is 11.5 Å². The van der Waals surface area contributed by atoms with Gasteiger partial charge in [-0.1, -0.05) is 23.4 Å². The third-order valence-corrected chi connectivity index (χ3v) is 4.70. The molecule has 1 aromatic carbocycles. The normalized spacial score (nSPS) is 11.0. The first-order chi connectivity index (χ1) is 12.0. The van der Waals surface area contributed by atoms with Crippen LogP contribution in [0.1, 0.15) is 12.7 Å². The zero-order chi connectivity index (χ0) is 17.8. The van der Waals surface area contributed by atoms with Gasteiger partial charge in [0.05, 0.1) is 23.7 Å². The molecule has 130 valence electrons. The minimum Gasteiger partial charge on any atom is -0.467 e. The van der Waals surface area contributed by atoms with E-state index in [9.17, 15) is 9.59 Å². The van der Waals surface area contributed by atoms with E-state index < -0.39 is 0 Å². The number of halogens is 1. The molecule has 25 heavy (non-hydrogen) atoms. The Hall–Kier alpha value is -2.25. The van der Waals surface area contributed by atoms with Gasteiger partial charge < -0.3 is 9.73 Å². The summed E-state index contributed by atoms with van der Waals surface area (Å²) in [5, 5.41) is 4.31. The van der Waals surface area contributed by atoms with Gasteiger partial charge in [-0.15, -0.1) is 0 Å². The molecular formula is C17H16ClN3O3S. The van der Waals surface area contributed by atoms with Crippen molar-refractivity contribution in [3.63, 3.8) is 0 Å². The largest absolute Gasteiger partial charge is 0.467 e. The maximum Gasteiger partial charge on any atom is 0.262 e. The minimum absolute atomic E-state index is 0.0909. The molecule has 3 rings (SSSR count). The van der Waals surface area contributed by atoms with E-state index in [1.165, 1.54) is 18.7 Å². The molecule has 0 aliphatic rings. The van der Waals surface area contributed by atoms with E-state index in [0.29, 0.717) is 45.7 Å². The average Bonchev–Trinajstić information content (AvgIpc) is 3.07. The Morgan fingerprint density at radius 2 is 2.24 bits per heavy atom. The fourth-order valence-corrected chi connectivity index (χ4v) is 3.37. The van der Waals surface area contributed by atoms with Crippen LogP contribution in [0, 0.1) is 0 Å². The summed E-state index contributed by atoms with van der Waals surface area (Å²) < 4.78 is 6.94. The maximum absolute atomic E-state index is 12.9. The van der Waals surface area contributed by atoms with Crippen LogP contribution in [-0.2, 0) is 11.3 Å².